The van der Waals surface area contributed by atoms with Gasteiger partial charge in [0.05, 0.1) is 12.7 Å². The van der Waals surface area contributed by atoms with E-state index >= 15 is 0 Å². The van der Waals surface area contributed by atoms with Crippen LogP contribution in [0.5, 0.6) is 0 Å². The van der Waals surface area contributed by atoms with Crippen LogP contribution in [0, 0.1) is 6.92 Å². The summed E-state index contributed by atoms with van der Waals surface area (Å²) in [5, 5.41) is 21.3. The lowest BCUT2D eigenvalue weighted by molar-refractivity contribution is -0.137. The zero-order chi connectivity index (χ0) is 15.2. The Balaban J connectivity index is 1.83. The van der Waals surface area contributed by atoms with Gasteiger partial charge in [0.2, 0.25) is 0 Å². The third-order valence-electron chi connectivity index (χ3n) is 2.59. The van der Waals surface area contributed by atoms with Crippen LogP contribution in [0.4, 0.5) is 10.5 Å². The number of benzene rings is 1. The molecule has 2 amide bonds. The number of rotatable bonds is 5. The van der Waals surface area contributed by atoms with Crippen LogP contribution in [0.3, 0.4) is 0 Å². The van der Waals surface area contributed by atoms with Gasteiger partial charge in [-0.15, -0.1) is 5.10 Å². The van der Waals surface area contributed by atoms with Crippen LogP contribution in [0.25, 0.3) is 0 Å². The van der Waals surface area contributed by atoms with Crippen molar-refractivity contribution in [3.63, 3.8) is 0 Å². The Morgan fingerprint density at radius 1 is 1.38 bits per heavy atom. The Labute approximate surface area is 120 Å². The maximum absolute atomic E-state index is 11.7. The lowest BCUT2D eigenvalue weighted by Crippen LogP contribution is -2.28. The molecule has 2 aromatic rings. The van der Waals surface area contributed by atoms with Crippen LogP contribution in [0.1, 0.15) is 11.3 Å². The van der Waals surface area contributed by atoms with Crippen LogP contribution in [-0.2, 0) is 17.9 Å². The molecule has 2 rings (SSSR count). The fourth-order valence-electron chi connectivity index (χ4n) is 1.70. The van der Waals surface area contributed by atoms with Gasteiger partial charge in [-0.3, -0.25) is 4.79 Å². The summed E-state index contributed by atoms with van der Waals surface area (Å²) in [6, 6.07) is 7.05. The molecule has 1 heterocycles. The summed E-state index contributed by atoms with van der Waals surface area (Å²) in [7, 11) is 0. The lowest BCUT2D eigenvalue weighted by Gasteiger charge is -2.06. The minimum Gasteiger partial charge on any atom is -0.480 e. The predicted molar refractivity (Wildman–Crippen MR) is 74.7 cm³/mol. The first-order chi connectivity index (χ1) is 10.0. The molecule has 0 unspecified atom stereocenters. The van der Waals surface area contributed by atoms with Crippen LogP contribution in [0.2, 0.25) is 0 Å². The van der Waals surface area contributed by atoms with E-state index in [-0.39, 0.29) is 19.1 Å². The lowest BCUT2D eigenvalue weighted by atomic mass is 10.2. The summed E-state index contributed by atoms with van der Waals surface area (Å²) >= 11 is 0. The van der Waals surface area contributed by atoms with E-state index in [4.69, 9.17) is 5.11 Å². The molecule has 0 spiro atoms. The third-order valence-corrected chi connectivity index (χ3v) is 2.59. The molecule has 0 aliphatic rings. The first-order valence-electron chi connectivity index (χ1n) is 6.25. The molecule has 8 nitrogen and oxygen atoms in total. The zero-order valence-corrected chi connectivity index (χ0v) is 11.4. The third kappa shape index (κ3) is 4.60. The molecule has 0 fully saturated rings. The topological polar surface area (TPSA) is 109 Å². The van der Waals surface area contributed by atoms with Crippen LogP contribution in [-0.4, -0.2) is 32.1 Å². The molecular weight excluding hydrogens is 274 g/mol. The number of urea groups is 1. The van der Waals surface area contributed by atoms with E-state index in [2.05, 4.69) is 20.9 Å². The molecule has 0 aliphatic heterocycles. The predicted octanol–water partition coefficient (Wildman–Crippen LogP) is 0.993. The molecule has 0 saturated heterocycles. The molecule has 0 bridgehead atoms. The van der Waals surface area contributed by atoms with Crippen LogP contribution < -0.4 is 10.6 Å². The smallest absolute Gasteiger partial charge is 0.325 e. The maximum atomic E-state index is 11.7. The van der Waals surface area contributed by atoms with Crippen molar-refractivity contribution in [2.24, 2.45) is 0 Å². The number of aliphatic carboxylic acids is 1. The van der Waals surface area contributed by atoms with E-state index in [9.17, 15) is 9.59 Å². The van der Waals surface area contributed by atoms with Crippen molar-refractivity contribution < 1.29 is 14.7 Å². The van der Waals surface area contributed by atoms with Gasteiger partial charge in [0.25, 0.3) is 0 Å². The van der Waals surface area contributed by atoms with Gasteiger partial charge in [-0.05, 0) is 24.6 Å². The maximum Gasteiger partial charge on any atom is 0.325 e. The Morgan fingerprint density at radius 3 is 2.90 bits per heavy atom. The second-order valence-corrected chi connectivity index (χ2v) is 4.48. The second-order valence-electron chi connectivity index (χ2n) is 4.48. The monoisotopic (exact) mass is 289 g/mol. The summed E-state index contributed by atoms with van der Waals surface area (Å²) < 4.78 is 1.19. The van der Waals surface area contributed by atoms with Gasteiger partial charge < -0.3 is 15.7 Å². The van der Waals surface area contributed by atoms with Gasteiger partial charge in [0.1, 0.15) is 12.2 Å². The van der Waals surface area contributed by atoms with Crippen molar-refractivity contribution in [3.05, 3.63) is 41.7 Å². The molecule has 0 radical (unpaired) electrons. The van der Waals surface area contributed by atoms with Gasteiger partial charge in [-0.1, -0.05) is 17.3 Å². The zero-order valence-electron chi connectivity index (χ0n) is 11.4. The highest BCUT2D eigenvalue weighted by atomic mass is 16.4. The minimum absolute atomic E-state index is 0.164. The Morgan fingerprint density at radius 2 is 2.19 bits per heavy atom. The van der Waals surface area contributed by atoms with E-state index in [1.165, 1.54) is 10.9 Å². The van der Waals surface area contributed by atoms with Gasteiger partial charge in [0, 0.05) is 5.69 Å². The summed E-state index contributed by atoms with van der Waals surface area (Å²) in [5.74, 6) is -1.00. The number of carbonyl (C=O) groups is 2. The van der Waals surface area contributed by atoms with E-state index in [1.54, 1.807) is 6.07 Å². The second kappa shape index (κ2) is 6.51. The van der Waals surface area contributed by atoms with E-state index in [1.807, 2.05) is 25.1 Å². The summed E-state index contributed by atoms with van der Waals surface area (Å²) in [6.07, 6.45) is 1.47. The standard InChI is InChI=1S/C13H15N5O3/c1-9-3-2-4-10(5-9)15-13(21)14-6-11-7-18(17-16-11)8-12(19)20/h2-5,7H,6,8H2,1H3,(H,19,20)(H2,14,15,21). The molecule has 3 N–H and O–H groups in total. The molecular formula is C13H15N5O3. The van der Waals surface area contributed by atoms with Crippen LogP contribution >= 0.6 is 0 Å². The number of amides is 2. The highest BCUT2D eigenvalue weighted by molar-refractivity contribution is 5.89. The highest BCUT2D eigenvalue weighted by Crippen LogP contribution is 2.09. The number of nitrogens with one attached hydrogen (secondary N) is 2. The molecule has 0 saturated carbocycles. The molecule has 1 aromatic heterocycles. The fraction of sp³-hybridized carbons (Fsp3) is 0.231. The number of anilines is 1. The molecule has 110 valence electrons. The van der Waals surface area contributed by atoms with Crippen molar-refractivity contribution in [2.45, 2.75) is 20.0 Å². The van der Waals surface area contributed by atoms with Crippen molar-refractivity contribution in [2.75, 3.05) is 5.32 Å². The quantitative estimate of drug-likeness (QED) is 0.760. The van der Waals surface area contributed by atoms with Gasteiger partial charge in [0.15, 0.2) is 0 Å². The van der Waals surface area contributed by atoms with Crippen molar-refractivity contribution in [1.82, 2.24) is 20.3 Å². The van der Waals surface area contributed by atoms with E-state index in [0.717, 1.165) is 5.56 Å². The largest absolute Gasteiger partial charge is 0.480 e. The summed E-state index contributed by atoms with van der Waals surface area (Å²) in [6.45, 7) is 1.84. The summed E-state index contributed by atoms with van der Waals surface area (Å²) in [5.41, 5.74) is 2.22. The Bertz CT molecular complexity index is 653. The average Bonchev–Trinajstić information content (AvgIpc) is 2.83. The number of aromatic nitrogens is 3. The number of carboxylic acid groups (broad SMARTS) is 1. The average molecular weight is 289 g/mol. The van der Waals surface area contributed by atoms with E-state index < -0.39 is 5.97 Å². The molecule has 8 heteroatoms. The Hall–Kier alpha value is -2.90. The number of carbonyl (C=O) groups excluding carboxylic acids is 1. The van der Waals surface area contributed by atoms with Gasteiger partial charge in [-0.25, -0.2) is 9.48 Å². The van der Waals surface area contributed by atoms with Crippen molar-refractivity contribution in [1.29, 1.82) is 0 Å². The fourth-order valence-corrected chi connectivity index (χ4v) is 1.70. The number of aryl methyl sites for hydroxylation is 1. The van der Waals surface area contributed by atoms with Gasteiger partial charge in [-0.2, -0.15) is 0 Å². The number of hydrogen-bond acceptors (Lipinski definition) is 4. The van der Waals surface area contributed by atoms with Gasteiger partial charge >= 0.3 is 12.0 Å². The first kappa shape index (κ1) is 14.5. The normalized spacial score (nSPS) is 10.1. The Kier molecular flexibility index (Phi) is 4.50. The number of nitrogens with zero attached hydrogens (tertiary/aromatic N) is 3. The highest BCUT2D eigenvalue weighted by Gasteiger charge is 2.06. The molecule has 1 aromatic carbocycles. The first-order valence-corrected chi connectivity index (χ1v) is 6.25. The number of carboxylic acids is 1. The number of hydrogen-bond donors (Lipinski definition) is 3. The minimum atomic E-state index is -1.00. The molecule has 0 aliphatic carbocycles. The molecule has 0 atom stereocenters. The van der Waals surface area contributed by atoms with Crippen molar-refractivity contribution in [3.8, 4) is 0 Å². The molecule has 21 heavy (non-hydrogen) atoms. The van der Waals surface area contributed by atoms with E-state index in [0.29, 0.717) is 11.4 Å². The summed E-state index contributed by atoms with van der Waals surface area (Å²) in [4.78, 5) is 22.2. The SMILES string of the molecule is Cc1cccc(NC(=O)NCc2cn(CC(=O)O)nn2)c1. The van der Waals surface area contributed by atoms with Crippen LogP contribution in [0.15, 0.2) is 30.5 Å². The van der Waals surface area contributed by atoms with Crippen molar-refractivity contribution >= 4 is 17.7 Å².